The molecule has 1 atom stereocenters. The van der Waals surface area contributed by atoms with Crippen LogP contribution in [-0.2, 0) is 12.8 Å². The van der Waals surface area contributed by atoms with Crippen LogP contribution in [0.25, 0.3) is 0 Å². The number of aryl methyl sites for hydroxylation is 1. The zero-order valence-electron chi connectivity index (χ0n) is 13.3. The lowest BCUT2D eigenvalue weighted by Gasteiger charge is -2.14. The van der Waals surface area contributed by atoms with Crippen LogP contribution >= 0.6 is 15.9 Å². The molecule has 2 nitrogen and oxygen atoms in total. The lowest BCUT2D eigenvalue weighted by molar-refractivity contribution is 0.414. The molecule has 1 unspecified atom stereocenters. The van der Waals surface area contributed by atoms with Crippen molar-refractivity contribution >= 4 is 15.9 Å². The zero-order valence-corrected chi connectivity index (χ0v) is 14.9. The first-order valence-corrected chi connectivity index (χ1v) is 8.57. The van der Waals surface area contributed by atoms with E-state index in [9.17, 15) is 0 Å². The molecule has 0 bridgehead atoms. The van der Waals surface area contributed by atoms with Crippen LogP contribution in [0, 0.1) is 0 Å². The minimum atomic E-state index is 0.526. The highest BCUT2D eigenvalue weighted by atomic mass is 79.9. The van der Waals surface area contributed by atoms with Crippen LogP contribution in [-0.4, -0.2) is 19.7 Å². The van der Waals surface area contributed by atoms with Gasteiger partial charge >= 0.3 is 0 Å². The standard InChI is InChI=1S/C19H24BrNO/c1-15(3-4-16-7-11-19(22-2)12-8-16)21-14-13-17-5-9-18(20)10-6-17/h5-12,15,21H,3-4,13-14H2,1-2H3. The van der Waals surface area contributed by atoms with E-state index in [-0.39, 0.29) is 0 Å². The van der Waals surface area contributed by atoms with Crippen molar-refractivity contribution in [1.82, 2.24) is 5.32 Å². The summed E-state index contributed by atoms with van der Waals surface area (Å²) in [4.78, 5) is 0. The number of halogens is 1. The molecule has 2 aromatic carbocycles. The average molecular weight is 362 g/mol. The Morgan fingerprint density at radius 2 is 1.55 bits per heavy atom. The molecule has 0 aromatic heterocycles. The molecule has 0 amide bonds. The lowest BCUT2D eigenvalue weighted by atomic mass is 10.1. The van der Waals surface area contributed by atoms with Gasteiger partial charge in [0.15, 0.2) is 0 Å². The summed E-state index contributed by atoms with van der Waals surface area (Å²) in [5.74, 6) is 0.921. The van der Waals surface area contributed by atoms with Crippen LogP contribution in [0.15, 0.2) is 53.0 Å². The summed E-state index contributed by atoms with van der Waals surface area (Å²) in [6, 6.07) is 17.4. The molecule has 0 spiro atoms. The molecule has 118 valence electrons. The van der Waals surface area contributed by atoms with Gasteiger partial charge in [-0.15, -0.1) is 0 Å². The number of benzene rings is 2. The van der Waals surface area contributed by atoms with Crippen molar-refractivity contribution in [1.29, 1.82) is 0 Å². The molecule has 0 aliphatic rings. The van der Waals surface area contributed by atoms with E-state index in [0.717, 1.165) is 36.0 Å². The van der Waals surface area contributed by atoms with Crippen molar-refractivity contribution in [2.45, 2.75) is 32.2 Å². The number of ether oxygens (including phenoxy) is 1. The third-order valence-corrected chi connectivity index (χ3v) is 4.37. The molecule has 0 fully saturated rings. The SMILES string of the molecule is COc1ccc(CCC(C)NCCc2ccc(Br)cc2)cc1. The van der Waals surface area contributed by atoms with Gasteiger partial charge in [-0.3, -0.25) is 0 Å². The third-order valence-electron chi connectivity index (χ3n) is 3.84. The Morgan fingerprint density at radius 1 is 0.955 bits per heavy atom. The molecule has 0 aliphatic carbocycles. The quantitative estimate of drug-likeness (QED) is 0.740. The Kier molecular flexibility index (Phi) is 6.94. The fourth-order valence-corrected chi connectivity index (χ4v) is 2.66. The highest BCUT2D eigenvalue weighted by Crippen LogP contribution is 2.13. The number of nitrogens with one attached hydrogen (secondary N) is 1. The number of rotatable bonds is 8. The van der Waals surface area contributed by atoms with Crippen LogP contribution in [0.3, 0.4) is 0 Å². The molecular weight excluding hydrogens is 338 g/mol. The first kappa shape index (κ1) is 17.0. The minimum absolute atomic E-state index is 0.526. The van der Waals surface area contributed by atoms with Crippen molar-refractivity contribution in [3.05, 3.63) is 64.1 Å². The summed E-state index contributed by atoms with van der Waals surface area (Å²) in [5, 5.41) is 3.60. The van der Waals surface area contributed by atoms with Gasteiger partial charge in [0.25, 0.3) is 0 Å². The summed E-state index contributed by atoms with van der Waals surface area (Å²) >= 11 is 3.47. The van der Waals surface area contributed by atoms with Gasteiger partial charge in [0.05, 0.1) is 7.11 Å². The molecule has 3 heteroatoms. The zero-order chi connectivity index (χ0) is 15.8. The summed E-state index contributed by atoms with van der Waals surface area (Å²) < 4.78 is 6.32. The Balaban J connectivity index is 1.66. The van der Waals surface area contributed by atoms with Crippen molar-refractivity contribution in [2.75, 3.05) is 13.7 Å². The second-order valence-corrected chi connectivity index (χ2v) is 6.53. The maximum absolute atomic E-state index is 5.18. The fourth-order valence-electron chi connectivity index (χ4n) is 2.39. The van der Waals surface area contributed by atoms with Crippen LogP contribution in [0.2, 0.25) is 0 Å². The Labute approximate surface area is 142 Å². The van der Waals surface area contributed by atoms with E-state index in [1.165, 1.54) is 11.1 Å². The molecule has 22 heavy (non-hydrogen) atoms. The van der Waals surface area contributed by atoms with Gasteiger partial charge in [-0.25, -0.2) is 0 Å². The van der Waals surface area contributed by atoms with E-state index in [1.807, 2.05) is 12.1 Å². The first-order valence-electron chi connectivity index (χ1n) is 7.78. The Bertz CT molecular complexity index is 551. The number of hydrogen-bond donors (Lipinski definition) is 1. The smallest absolute Gasteiger partial charge is 0.118 e. The van der Waals surface area contributed by atoms with E-state index in [1.54, 1.807) is 7.11 Å². The van der Waals surface area contributed by atoms with Crippen molar-refractivity contribution < 1.29 is 4.74 Å². The van der Waals surface area contributed by atoms with Gasteiger partial charge in [-0.05, 0) is 68.1 Å². The first-order chi connectivity index (χ1) is 10.7. The van der Waals surface area contributed by atoms with Gasteiger partial charge in [0.2, 0.25) is 0 Å². The van der Waals surface area contributed by atoms with Crippen molar-refractivity contribution in [3.8, 4) is 5.75 Å². The maximum atomic E-state index is 5.18. The minimum Gasteiger partial charge on any atom is -0.497 e. The Morgan fingerprint density at radius 3 is 2.18 bits per heavy atom. The number of methoxy groups -OCH3 is 1. The van der Waals surface area contributed by atoms with Gasteiger partial charge in [-0.2, -0.15) is 0 Å². The summed E-state index contributed by atoms with van der Waals surface area (Å²) in [5.41, 5.74) is 2.74. The van der Waals surface area contributed by atoms with Crippen LogP contribution in [0.1, 0.15) is 24.5 Å². The van der Waals surface area contributed by atoms with Gasteiger partial charge in [-0.1, -0.05) is 40.2 Å². The third kappa shape index (κ3) is 5.82. The normalized spacial score (nSPS) is 12.1. The van der Waals surface area contributed by atoms with Gasteiger partial charge < -0.3 is 10.1 Å². The van der Waals surface area contributed by atoms with Gasteiger partial charge in [0.1, 0.15) is 5.75 Å². The molecule has 2 aromatic rings. The van der Waals surface area contributed by atoms with E-state index in [0.29, 0.717) is 6.04 Å². The predicted octanol–water partition coefficient (Wildman–Crippen LogP) is 4.61. The molecular formula is C19H24BrNO. The highest BCUT2D eigenvalue weighted by Gasteiger charge is 2.03. The topological polar surface area (TPSA) is 21.3 Å². The molecule has 0 saturated heterocycles. The second-order valence-electron chi connectivity index (χ2n) is 5.62. The van der Waals surface area contributed by atoms with Crippen molar-refractivity contribution in [3.63, 3.8) is 0 Å². The number of hydrogen-bond acceptors (Lipinski definition) is 2. The van der Waals surface area contributed by atoms with E-state index in [4.69, 9.17) is 4.74 Å². The van der Waals surface area contributed by atoms with E-state index < -0.39 is 0 Å². The van der Waals surface area contributed by atoms with Crippen LogP contribution in [0.5, 0.6) is 5.75 Å². The molecule has 0 radical (unpaired) electrons. The molecule has 1 N–H and O–H groups in total. The summed E-state index contributed by atoms with van der Waals surface area (Å²) in [6.07, 6.45) is 3.31. The fraction of sp³-hybridized carbons (Fsp3) is 0.368. The van der Waals surface area contributed by atoms with Crippen LogP contribution in [0.4, 0.5) is 0 Å². The van der Waals surface area contributed by atoms with E-state index in [2.05, 4.69) is 64.6 Å². The van der Waals surface area contributed by atoms with E-state index >= 15 is 0 Å². The van der Waals surface area contributed by atoms with Crippen molar-refractivity contribution in [2.24, 2.45) is 0 Å². The lowest BCUT2D eigenvalue weighted by Crippen LogP contribution is -2.28. The monoisotopic (exact) mass is 361 g/mol. The van der Waals surface area contributed by atoms with Crippen LogP contribution < -0.4 is 10.1 Å². The summed E-state index contributed by atoms with van der Waals surface area (Å²) in [6.45, 7) is 3.27. The Hall–Kier alpha value is -1.32. The second kappa shape index (κ2) is 8.96. The molecule has 0 saturated carbocycles. The average Bonchev–Trinajstić information content (AvgIpc) is 2.55. The predicted molar refractivity (Wildman–Crippen MR) is 96.6 cm³/mol. The summed E-state index contributed by atoms with van der Waals surface area (Å²) in [7, 11) is 1.70. The molecule has 0 heterocycles. The highest BCUT2D eigenvalue weighted by molar-refractivity contribution is 9.10. The maximum Gasteiger partial charge on any atom is 0.118 e. The molecule has 2 rings (SSSR count). The largest absolute Gasteiger partial charge is 0.497 e. The van der Waals surface area contributed by atoms with Gasteiger partial charge in [0, 0.05) is 10.5 Å². The molecule has 0 aliphatic heterocycles.